The van der Waals surface area contributed by atoms with Gasteiger partial charge in [0.1, 0.15) is 5.82 Å². The normalized spacial score (nSPS) is 15.1. The molecule has 3 nitrogen and oxygen atoms in total. The maximum Gasteiger partial charge on any atom is 0.126 e. The van der Waals surface area contributed by atoms with Gasteiger partial charge in [-0.3, -0.25) is 0 Å². The van der Waals surface area contributed by atoms with Crippen molar-refractivity contribution >= 4 is 5.82 Å². The molecule has 1 N–H and O–H groups in total. The smallest absolute Gasteiger partial charge is 0.126 e. The predicted molar refractivity (Wildman–Crippen MR) is 65.4 cm³/mol. The number of hydrogen-bond donors (Lipinski definition) is 1. The average molecular weight is 220 g/mol. The van der Waals surface area contributed by atoms with Crippen molar-refractivity contribution in [2.45, 2.75) is 32.8 Å². The molecule has 3 heteroatoms. The number of hydrogen-bond acceptors (Lipinski definition) is 3. The number of aromatic nitrogens is 1. The van der Waals surface area contributed by atoms with Gasteiger partial charge in [0.15, 0.2) is 0 Å². The van der Waals surface area contributed by atoms with E-state index in [2.05, 4.69) is 23.3 Å². The lowest BCUT2D eigenvalue weighted by Gasteiger charge is -2.07. The van der Waals surface area contributed by atoms with Gasteiger partial charge in [-0.25, -0.2) is 4.98 Å². The summed E-state index contributed by atoms with van der Waals surface area (Å²) in [5.41, 5.74) is 1.20. The second kappa shape index (κ2) is 5.85. The summed E-state index contributed by atoms with van der Waals surface area (Å²) >= 11 is 0. The Bertz CT molecular complexity index is 323. The zero-order chi connectivity index (χ0) is 11.2. The molecule has 0 amide bonds. The summed E-state index contributed by atoms with van der Waals surface area (Å²) in [5, 5.41) is 3.28. The standard InChI is InChI=1S/C13H20N2O/c1-2-6-14-13-8-12(5-7-15-13)10-16-9-11-3-4-11/h5,7-8,11H,2-4,6,9-10H2,1H3,(H,14,15). The Balaban J connectivity index is 1.77. The third-order valence-corrected chi connectivity index (χ3v) is 2.70. The first kappa shape index (κ1) is 11.4. The van der Waals surface area contributed by atoms with Crippen LogP contribution in [0.25, 0.3) is 0 Å². The fourth-order valence-corrected chi connectivity index (χ4v) is 1.54. The van der Waals surface area contributed by atoms with Crippen molar-refractivity contribution in [1.29, 1.82) is 0 Å². The highest BCUT2D eigenvalue weighted by Crippen LogP contribution is 2.29. The van der Waals surface area contributed by atoms with E-state index in [1.54, 1.807) is 0 Å². The highest BCUT2D eigenvalue weighted by Gasteiger charge is 2.20. The van der Waals surface area contributed by atoms with Gasteiger partial charge in [0.2, 0.25) is 0 Å². The van der Waals surface area contributed by atoms with E-state index in [0.29, 0.717) is 6.61 Å². The first-order chi connectivity index (χ1) is 7.88. The van der Waals surface area contributed by atoms with Gasteiger partial charge in [0.05, 0.1) is 6.61 Å². The predicted octanol–water partition coefficient (Wildman–Crippen LogP) is 2.83. The van der Waals surface area contributed by atoms with Gasteiger partial charge in [-0.05, 0) is 42.9 Å². The number of ether oxygens (including phenoxy) is 1. The molecule has 88 valence electrons. The molecule has 16 heavy (non-hydrogen) atoms. The van der Waals surface area contributed by atoms with Crippen LogP contribution < -0.4 is 5.32 Å². The third kappa shape index (κ3) is 3.81. The SMILES string of the molecule is CCCNc1cc(COCC2CC2)ccn1. The molecule has 1 aliphatic rings. The molecule has 0 bridgehead atoms. The van der Waals surface area contributed by atoms with E-state index in [1.807, 2.05) is 12.3 Å². The van der Waals surface area contributed by atoms with Crippen LogP contribution in [0.15, 0.2) is 18.3 Å². The molecule has 0 aromatic carbocycles. The zero-order valence-electron chi connectivity index (χ0n) is 9.91. The van der Waals surface area contributed by atoms with Gasteiger partial charge in [-0.1, -0.05) is 6.92 Å². The molecule has 1 aliphatic carbocycles. The fourth-order valence-electron chi connectivity index (χ4n) is 1.54. The summed E-state index contributed by atoms with van der Waals surface area (Å²) in [7, 11) is 0. The molecule has 1 heterocycles. The Kier molecular flexibility index (Phi) is 4.17. The summed E-state index contributed by atoms with van der Waals surface area (Å²) in [4.78, 5) is 4.27. The molecule has 1 saturated carbocycles. The first-order valence-electron chi connectivity index (χ1n) is 6.15. The highest BCUT2D eigenvalue weighted by atomic mass is 16.5. The van der Waals surface area contributed by atoms with Crippen LogP contribution in [0, 0.1) is 5.92 Å². The molecule has 1 fully saturated rings. The molecule has 1 aromatic heterocycles. The number of rotatable bonds is 7. The molecule has 0 saturated heterocycles. The average Bonchev–Trinajstić information content (AvgIpc) is 3.11. The van der Waals surface area contributed by atoms with Gasteiger partial charge >= 0.3 is 0 Å². The van der Waals surface area contributed by atoms with Crippen molar-refractivity contribution in [3.05, 3.63) is 23.9 Å². The van der Waals surface area contributed by atoms with E-state index >= 15 is 0 Å². The van der Waals surface area contributed by atoms with Crippen LogP contribution in [-0.4, -0.2) is 18.1 Å². The number of nitrogens with one attached hydrogen (secondary N) is 1. The van der Waals surface area contributed by atoms with Crippen molar-refractivity contribution < 1.29 is 4.74 Å². The largest absolute Gasteiger partial charge is 0.376 e. The van der Waals surface area contributed by atoms with E-state index in [1.165, 1.54) is 18.4 Å². The number of pyridine rings is 1. The van der Waals surface area contributed by atoms with E-state index < -0.39 is 0 Å². The quantitative estimate of drug-likeness (QED) is 0.767. The molecule has 0 aliphatic heterocycles. The maximum absolute atomic E-state index is 5.65. The summed E-state index contributed by atoms with van der Waals surface area (Å²) in [6, 6.07) is 4.09. The lowest BCUT2D eigenvalue weighted by atomic mass is 10.3. The zero-order valence-corrected chi connectivity index (χ0v) is 9.91. The van der Waals surface area contributed by atoms with Crippen molar-refractivity contribution in [2.24, 2.45) is 5.92 Å². The van der Waals surface area contributed by atoms with Crippen molar-refractivity contribution in [3.63, 3.8) is 0 Å². The lowest BCUT2D eigenvalue weighted by Crippen LogP contribution is -2.03. The maximum atomic E-state index is 5.65. The van der Waals surface area contributed by atoms with Crippen LogP contribution in [0.5, 0.6) is 0 Å². The van der Waals surface area contributed by atoms with Crippen LogP contribution in [0.4, 0.5) is 5.82 Å². The molecule has 1 aromatic rings. The molecule has 0 atom stereocenters. The topological polar surface area (TPSA) is 34.1 Å². The van der Waals surface area contributed by atoms with Crippen molar-refractivity contribution in [1.82, 2.24) is 4.98 Å². The number of anilines is 1. The first-order valence-corrected chi connectivity index (χ1v) is 6.15. The highest BCUT2D eigenvalue weighted by molar-refractivity contribution is 5.37. The Labute approximate surface area is 97.2 Å². The van der Waals surface area contributed by atoms with Crippen LogP contribution in [0.3, 0.4) is 0 Å². The molecule has 0 radical (unpaired) electrons. The Morgan fingerprint density at radius 1 is 1.50 bits per heavy atom. The van der Waals surface area contributed by atoms with Crippen LogP contribution in [-0.2, 0) is 11.3 Å². The van der Waals surface area contributed by atoms with Gasteiger partial charge in [0.25, 0.3) is 0 Å². The fraction of sp³-hybridized carbons (Fsp3) is 0.615. The second-order valence-corrected chi connectivity index (χ2v) is 4.43. The lowest BCUT2D eigenvalue weighted by molar-refractivity contribution is 0.111. The minimum Gasteiger partial charge on any atom is -0.376 e. The Morgan fingerprint density at radius 3 is 3.12 bits per heavy atom. The Morgan fingerprint density at radius 2 is 2.38 bits per heavy atom. The van der Waals surface area contributed by atoms with Gasteiger partial charge in [-0.15, -0.1) is 0 Å². The van der Waals surface area contributed by atoms with Crippen LogP contribution in [0.2, 0.25) is 0 Å². The van der Waals surface area contributed by atoms with Crippen molar-refractivity contribution in [3.8, 4) is 0 Å². The van der Waals surface area contributed by atoms with E-state index in [4.69, 9.17) is 4.74 Å². The molecule has 2 rings (SSSR count). The minimum atomic E-state index is 0.708. The Hall–Kier alpha value is -1.09. The summed E-state index contributed by atoms with van der Waals surface area (Å²) in [6.45, 7) is 4.74. The van der Waals surface area contributed by atoms with Gasteiger partial charge < -0.3 is 10.1 Å². The number of nitrogens with zero attached hydrogens (tertiary/aromatic N) is 1. The van der Waals surface area contributed by atoms with Crippen LogP contribution >= 0.6 is 0 Å². The monoisotopic (exact) mass is 220 g/mol. The molecular weight excluding hydrogens is 200 g/mol. The summed E-state index contributed by atoms with van der Waals surface area (Å²) < 4.78 is 5.65. The van der Waals surface area contributed by atoms with Gasteiger partial charge in [-0.2, -0.15) is 0 Å². The van der Waals surface area contributed by atoms with E-state index in [0.717, 1.165) is 31.3 Å². The van der Waals surface area contributed by atoms with Crippen molar-refractivity contribution in [2.75, 3.05) is 18.5 Å². The van der Waals surface area contributed by atoms with Gasteiger partial charge in [0, 0.05) is 19.3 Å². The summed E-state index contributed by atoms with van der Waals surface area (Å²) in [6.07, 6.45) is 5.65. The minimum absolute atomic E-state index is 0.708. The van der Waals surface area contributed by atoms with E-state index in [-0.39, 0.29) is 0 Å². The summed E-state index contributed by atoms with van der Waals surface area (Å²) in [5.74, 6) is 1.79. The molecular formula is C13H20N2O. The molecule has 0 unspecified atom stereocenters. The molecule has 0 spiro atoms. The third-order valence-electron chi connectivity index (χ3n) is 2.70. The van der Waals surface area contributed by atoms with Crippen LogP contribution in [0.1, 0.15) is 31.7 Å². The van der Waals surface area contributed by atoms with E-state index in [9.17, 15) is 0 Å². The second-order valence-electron chi connectivity index (χ2n) is 4.43.